The summed E-state index contributed by atoms with van der Waals surface area (Å²) in [5, 5.41) is 14.4. The summed E-state index contributed by atoms with van der Waals surface area (Å²) < 4.78 is 1.87. The summed E-state index contributed by atoms with van der Waals surface area (Å²) in [4.78, 5) is 17.5. The molecular weight excluding hydrogens is 434 g/mol. The van der Waals surface area contributed by atoms with Crippen LogP contribution in [0.2, 0.25) is 5.02 Å². The number of hydrogen-bond acceptors (Lipinski definition) is 4. The Balaban J connectivity index is 1.45. The van der Waals surface area contributed by atoms with Crippen molar-refractivity contribution >= 4 is 23.2 Å². The Kier molecular flexibility index (Phi) is 6.71. The maximum absolute atomic E-state index is 13.2. The predicted octanol–water partition coefficient (Wildman–Crippen LogP) is 4.60. The molecule has 0 aliphatic carbocycles. The summed E-state index contributed by atoms with van der Waals surface area (Å²) in [6.07, 6.45) is 1.25. The summed E-state index contributed by atoms with van der Waals surface area (Å²) in [5.41, 5.74) is 6.48. The minimum absolute atomic E-state index is 0.129. The number of aryl methyl sites for hydroxylation is 2. The first-order valence-corrected chi connectivity index (χ1v) is 11.6. The van der Waals surface area contributed by atoms with Crippen LogP contribution in [0.5, 0.6) is 0 Å². The molecular formula is C26H28ClN5O. The predicted molar refractivity (Wildman–Crippen MR) is 131 cm³/mol. The first kappa shape index (κ1) is 22.9. The number of carbonyl (C=O) groups is 1. The van der Waals surface area contributed by atoms with E-state index in [-0.39, 0.29) is 5.91 Å². The Morgan fingerprint density at radius 2 is 1.76 bits per heavy atom. The number of benzene rings is 2. The Morgan fingerprint density at radius 3 is 2.45 bits per heavy atom. The van der Waals surface area contributed by atoms with Gasteiger partial charge in [-0.2, -0.15) is 10.4 Å². The van der Waals surface area contributed by atoms with E-state index in [0.717, 1.165) is 59.9 Å². The van der Waals surface area contributed by atoms with E-state index in [0.29, 0.717) is 23.6 Å². The molecule has 1 saturated heterocycles. The van der Waals surface area contributed by atoms with Gasteiger partial charge in [-0.15, -0.1) is 0 Å². The zero-order valence-electron chi connectivity index (χ0n) is 19.3. The Labute approximate surface area is 200 Å². The molecule has 1 aliphatic rings. The molecule has 33 heavy (non-hydrogen) atoms. The maximum atomic E-state index is 13.2. The van der Waals surface area contributed by atoms with Crippen LogP contribution < -0.4 is 4.90 Å². The first-order chi connectivity index (χ1) is 15.9. The molecule has 170 valence electrons. The van der Waals surface area contributed by atoms with Crippen LogP contribution in [0.25, 0.3) is 5.69 Å². The Morgan fingerprint density at radius 1 is 1.03 bits per heavy atom. The van der Waals surface area contributed by atoms with E-state index in [9.17, 15) is 4.79 Å². The van der Waals surface area contributed by atoms with E-state index in [2.05, 4.69) is 16.1 Å². The zero-order chi connectivity index (χ0) is 23.5. The monoisotopic (exact) mass is 461 g/mol. The third-order valence-corrected chi connectivity index (χ3v) is 6.79. The van der Waals surface area contributed by atoms with Crippen LogP contribution in [-0.2, 0) is 11.2 Å². The van der Waals surface area contributed by atoms with Gasteiger partial charge in [0.25, 0.3) is 0 Å². The summed E-state index contributed by atoms with van der Waals surface area (Å²) in [6.45, 7) is 9.02. The Bertz CT molecular complexity index is 1210. The van der Waals surface area contributed by atoms with Crippen molar-refractivity contribution in [2.24, 2.45) is 0 Å². The molecule has 0 unspecified atom stereocenters. The fourth-order valence-corrected chi connectivity index (χ4v) is 4.51. The van der Waals surface area contributed by atoms with Crippen LogP contribution in [0.3, 0.4) is 0 Å². The summed E-state index contributed by atoms with van der Waals surface area (Å²) >= 11 is 6.32. The van der Waals surface area contributed by atoms with Gasteiger partial charge in [-0.05, 0) is 69.2 Å². The summed E-state index contributed by atoms with van der Waals surface area (Å²) in [7, 11) is 0. The molecule has 0 N–H and O–H groups in total. The highest BCUT2D eigenvalue weighted by Crippen LogP contribution is 2.24. The van der Waals surface area contributed by atoms with Crippen molar-refractivity contribution < 1.29 is 4.79 Å². The molecule has 1 aromatic heterocycles. The van der Waals surface area contributed by atoms with E-state index in [1.54, 1.807) is 0 Å². The lowest BCUT2D eigenvalue weighted by molar-refractivity contribution is -0.130. The smallest absolute Gasteiger partial charge is 0.227 e. The summed E-state index contributed by atoms with van der Waals surface area (Å²) in [5.74, 6) is 0.129. The highest BCUT2D eigenvalue weighted by atomic mass is 35.5. The first-order valence-electron chi connectivity index (χ1n) is 11.2. The second-order valence-electron chi connectivity index (χ2n) is 8.55. The Hall–Kier alpha value is -3.30. The van der Waals surface area contributed by atoms with Gasteiger partial charge in [-0.3, -0.25) is 4.79 Å². The van der Waals surface area contributed by atoms with Crippen molar-refractivity contribution in [1.29, 1.82) is 5.26 Å². The topological polar surface area (TPSA) is 65.2 Å². The third kappa shape index (κ3) is 4.89. The molecule has 6 nitrogen and oxygen atoms in total. The van der Waals surface area contributed by atoms with E-state index in [4.69, 9.17) is 16.9 Å². The van der Waals surface area contributed by atoms with E-state index in [1.165, 1.54) is 0 Å². The molecule has 4 rings (SSSR count). The van der Waals surface area contributed by atoms with Gasteiger partial charge in [0.1, 0.15) is 0 Å². The molecule has 0 spiro atoms. The van der Waals surface area contributed by atoms with Crippen molar-refractivity contribution in [2.75, 3.05) is 31.1 Å². The molecule has 3 aromatic rings. The number of hydrogen-bond donors (Lipinski definition) is 0. The van der Waals surface area contributed by atoms with Gasteiger partial charge < -0.3 is 9.80 Å². The van der Waals surface area contributed by atoms with Crippen LogP contribution in [0.15, 0.2) is 42.5 Å². The number of halogens is 1. The fourth-order valence-electron chi connectivity index (χ4n) is 4.33. The fraction of sp³-hybridized carbons (Fsp3) is 0.346. The van der Waals surface area contributed by atoms with E-state index >= 15 is 0 Å². The van der Waals surface area contributed by atoms with Crippen LogP contribution in [0, 0.1) is 32.1 Å². The van der Waals surface area contributed by atoms with Crippen molar-refractivity contribution in [2.45, 2.75) is 33.6 Å². The van der Waals surface area contributed by atoms with Gasteiger partial charge >= 0.3 is 0 Å². The zero-order valence-corrected chi connectivity index (χ0v) is 20.1. The number of anilines is 1. The number of amides is 1. The van der Waals surface area contributed by atoms with Gasteiger partial charge in [0.2, 0.25) is 5.91 Å². The minimum atomic E-state index is 0.129. The average Bonchev–Trinajstić information content (AvgIpc) is 2.99. The second-order valence-corrected chi connectivity index (χ2v) is 8.96. The van der Waals surface area contributed by atoms with Gasteiger partial charge in [-0.25, -0.2) is 4.68 Å². The molecule has 0 radical (unpaired) electrons. The highest BCUT2D eigenvalue weighted by molar-refractivity contribution is 6.31. The largest absolute Gasteiger partial charge is 0.370 e. The number of rotatable bonds is 4. The lowest BCUT2D eigenvalue weighted by Gasteiger charge is -2.24. The maximum Gasteiger partial charge on any atom is 0.227 e. The lowest BCUT2D eigenvalue weighted by Crippen LogP contribution is -2.36. The molecule has 1 fully saturated rings. The van der Waals surface area contributed by atoms with Gasteiger partial charge in [0.05, 0.1) is 29.4 Å². The average molecular weight is 462 g/mol. The van der Waals surface area contributed by atoms with Crippen molar-refractivity contribution in [3.63, 3.8) is 0 Å². The SMILES string of the molecule is Cc1ccc(-n2nc(C)c(CC(=O)N3CCCN(c4ccc(C#N)cc4)CC3)c2C)cc1Cl. The second kappa shape index (κ2) is 9.68. The highest BCUT2D eigenvalue weighted by Gasteiger charge is 2.23. The molecule has 0 saturated carbocycles. The van der Waals surface area contributed by atoms with Gasteiger partial charge in [0.15, 0.2) is 0 Å². The van der Waals surface area contributed by atoms with Crippen molar-refractivity contribution in [3.05, 3.63) is 75.6 Å². The van der Waals surface area contributed by atoms with Crippen LogP contribution in [0.1, 0.15) is 34.5 Å². The van der Waals surface area contributed by atoms with Crippen molar-refractivity contribution in [1.82, 2.24) is 14.7 Å². The minimum Gasteiger partial charge on any atom is -0.370 e. The molecule has 0 atom stereocenters. The number of carbonyl (C=O) groups excluding carboxylic acids is 1. The number of aromatic nitrogens is 2. The van der Waals surface area contributed by atoms with E-state index < -0.39 is 0 Å². The standard InChI is InChI=1S/C26H28ClN5O/c1-18-5-8-23(15-25(18)27)32-20(3)24(19(2)29-32)16-26(33)31-12-4-11-30(13-14-31)22-9-6-21(17-28)7-10-22/h5-10,15H,4,11-14,16H2,1-3H3. The number of nitriles is 1. The molecule has 1 amide bonds. The van der Waals surface area contributed by atoms with Crippen LogP contribution in [-0.4, -0.2) is 46.8 Å². The van der Waals surface area contributed by atoms with Gasteiger partial charge in [-0.1, -0.05) is 17.7 Å². The normalized spacial score (nSPS) is 14.2. The molecule has 2 heterocycles. The quantitative estimate of drug-likeness (QED) is 0.569. The molecule has 7 heteroatoms. The number of nitrogens with zero attached hydrogens (tertiary/aromatic N) is 5. The lowest BCUT2D eigenvalue weighted by atomic mass is 10.1. The van der Waals surface area contributed by atoms with Crippen LogP contribution in [0.4, 0.5) is 5.69 Å². The van der Waals surface area contributed by atoms with E-state index in [1.807, 2.05) is 72.8 Å². The van der Waals surface area contributed by atoms with Crippen molar-refractivity contribution in [3.8, 4) is 11.8 Å². The molecule has 2 aromatic carbocycles. The van der Waals surface area contributed by atoms with Crippen LogP contribution >= 0.6 is 11.6 Å². The summed E-state index contributed by atoms with van der Waals surface area (Å²) in [6, 6.07) is 15.7. The molecule has 0 bridgehead atoms. The van der Waals surface area contributed by atoms with Gasteiger partial charge in [0, 0.05) is 48.1 Å². The third-order valence-electron chi connectivity index (χ3n) is 6.38. The molecule has 1 aliphatic heterocycles.